The van der Waals surface area contributed by atoms with Gasteiger partial charge in [-0.2, -0.15) is 0 Å². The number of rotatable bonds is 0. The van der Waals surface area contributed by atoms with Gasteiger partial charge in [0.2, 0.25) is 0 Å². The second kappa shape index (κ2) is 12.5. The predicted octanol–water partition coefficient (Wildman–Crippen LogP) is 7.08. The van der Waals surface area contributed by atoms with E-state index in [1.807, 2.05) is 41.5 Å². The maximum atomic E-state index is 2.41. The Hall–Kier alpha value is 0. The number of hydrogen-bond donors (Lipinski definition) is 0. The average molecular weight is 245 g/mol. The highest BCUT2D eigenvalue weighted by Gasteiger charge is 2.28. The van der Waals surface area contributed by atoms with Crippen molar-refractivity contribution in [1.29, 1.82) is 0 Å². The molecule has 0 aromatic rings. The fourth-order valence-electron chi connectivity index (χ4n) is 1.97. The van der Waals surface area contributed by atoms with E-state index in [1.54, 1.807) is 0 Å². The fourth-order valence-corrected chi connectivity index (χ4v) is 1.97. The molecule has 0 radical (unpaired) electrons. The van der Waals surface area contributed by atoms with Crippen LogP contribution in [0.15, 0.2) is 0 Å². The molecule has 0 spiro atoms. The van der Waals surface area contributed by atoms with Crippen molar-refractivity contribution >= 4 is 0 Å². The van der Waals surface area contributed by atoms with E-state index in [-0.39, 0.29) is 0 Å². The molecule has 0 bridgehead atoms. The van der Waals surface area contributed by atoms with Gasteiger partial charge in [-0.25, -0.2) is 0 Å². The maximum Gasteiger partial charge on any atom is -0.0354 e. The largest absolute Gasteiger partial charge is 0.0683 e. The van der Waals surface area contributed by atoms with Crippen molar-refractivity contribution in [3.63, 3.8) is 0 Å². The van der Waals surface area contributed by atoms with Crippen molar-refractivity contribution < 1.29 is 0 Å². The molecule has 0 N–H and O–H groups in total. The van der Waals surface area contributed by atoms with Crippen molar-refractivity contribution in [3.8, 4) is 0 Å². The summed E-state index contributed by atoms with van der Waals surface area (Å²) in [5.74, 6) is 0. The molecule has 0 heterocycles. The van der Waals surface area contributed by atoms with Gasteiger partial charge in [-0.3, -0.25) is 0 Å². The third-order valence-electron chi connectivity index (χ3n) is 3.19. The zero-order chi connectivity index (χ0) is 14.5. The van der Waals surface area contributed by atoms with Crippen LogP contribution < -0.4 is 0 Å². The van der Waals surface area contributed by atoms with Crippen molar-refractivity contribution in [2.45, 2.75) is 101 Å². The molecule has 17 heavy (non-hydrogen) atoms. The summed E-state index contributed by atoms with van der Waals surface area (Å²) >= 11 is 0. The topological polar surface area (TPSA) is 0 Å². The summed E-state index contributed by atoms with van der Waals surface area (Å²) in [7, 11) is 0. The van der Waals surface area contributed by atoms with Gasteiger partial charge in [0.15, 0.2) is 0 Å². The van der Waals surface area contributed by atoms with Crippen LogP contribution in [0.4, 0.5) is 0 Å². The first-order valence-corrected chi connectivity index (χ1v) is 7.91. The fraction of sp³-hybridized carbons (Fsp3) is 1.00. The Morgan fingerprint density at radius 3 is 0.941 bits per heavy atom. The van der Waals surface area contributed by atoms with E-state index in [9.17, 15) is 0 Å². The van der Waals surface area contributed by atoms with Gasteiger partial charge in [0.05, 0.1) is 0 Å². The predicted molar refractivity (Wildman–Crippen MR) is 84.7 cm³/mol. The van der Waals surface area contributed by atoms with Gasteiger partial charge in [-0.15, -0.1) is 0 Å². The lowest BCUT2D eigenvalue weighted by Crippen LogP contribution is -2.12. The van der Waals surface area contributed by atoms with Crippen LogP contribution in [0.2, 0.25) is 0 Å². The first-order valence-electron chi connectivity index (χ1n) is 7.91. The lowest BCUT2D eigenvalue weighted by molar-refractivity contribution is 0.275. The minimum Gasteiger partial charge on any atom is -0.0683 e. The molecule has 1 fully saturated rings. The van der Waals surface area contributed by atoms with Gasteiger partial charge < -0.3 is 0 Å². The van der Waals surface area contributed by atoms with Gasteiger partial charge in [0.25, 0.3) is 0 Å². The van der Waals surface area contributed by atoms with E-state index in [2.05, 4.69) is 27.7 Å². The molecule has 1 rings (SSSR count). The molecule has 0 heteroatoms. The van der Waals surface area contributed by atoms with Gasteiger partial charge in [-0.05, 0) is 36.5 Å². The van der Waals surface area contributed by atoms with E-state index in [1.165, 1.54) is 32.1 Å². The first-order chi connectivity index (χ1) is 7.91. The summed E-state index contributed by atoms with van der Waals surface area (Å²) in [6.07, 6.45) is 7.12. The van der Waals surface area contributed by atoms with E-state index in [4.69, 9.17) is 0 Å². The smallest absolute Gasteiger partial charge is 0.0354 e. The Bertz CT molecular complexity index is 115. The Kier molecular flexibility index (Phi) is 16.3. The molecule has 0 nitrogen and oxygen atoms in total. The Balaban J connectivity index is -0.000000285. The van der Waals surface area contributed by atoms with Gasteiger partial charge in [-0.1, -0.05) is 75.7 Å². The van der Waals surface area contributed by atoms with Crippen LogP contribution in [-0.4, -0.2) is 0 Å². The zero-order valence-corrected chi connectivity index (χ0v) is 14.5. The molecule has 0 unspecified atom stereocenters. The second-order valence-corrected chi connectivity index (χ2v) is 5.68. The highest BCUT2D eigenvalue weighted by atomic mass is 14.3. The molecule has 1 aliphatic carbocycles. The standard InChI is InChI=1S/C11H22.3C2H6/c1-10(2)6-5-7-11(3,4)9-8-10;3*1-2/h5-9H2,1-4H3;3*1-2H3. The van der Waals surface area contributed by atoms with Crippen molar-refractivity contribution in [2.75, 3.05) is 0 Å². The van der Waals surface area contributed by atoms with Gasteiger partial charge in [0.1, 0.15) is 0 Å². The van der Waals surface area contributed by atoms with Crippen LogP contribution in [0.1, 0.15) is 101 Å². The monoisotopic (exact) mass is 244 g/mol. The van der Waals surface area contributed by atoms with E-state index in [0.29, 0.717) is 10.8 Å². The third kappa shape index (κ3) is 13.9. The number of hydrogen-bond acceptors (Lipinski definition) is 0. The van der Waals surface area contributed by atoms with Crippen LogP contribution >= 0.6 is 0 Å². The van der Waals surface area contributed by atoms with Crippen LogP contribution in [0.5, 0.6) is 0 Å². The SMILES string of the molecule is CC.CC.CC.CC1(C)CCCC(C)(C)CC1. The van der Waals surface area contributed by atoms with Crippen LogP contribution in [0, 0.1) is 10.8 Å². The van der Waals surface area contributed by atoms with E-state index in [0.717, 1.165) is 0 Å². The lowest BCUT2D eigenvalue weighted by atomic mass is 9.81. The normalized spacial score (nSPS) is 20.1. The summed E-state index contributed by atoms with van der Waals surface area (Å²) in [6.45, 7) is 21.6. The summed E-state index contributed by atoms with van der Waals surface area (Å²) in [5, 5.41) is 0. The second-order valence-electron chi connectivity index (χ2n) is 5.68. The summed E-state index contributed by atoms with van der Waals surface area (Å²) in [6, 6.07) is 0. The first kappa shape index (κ1) is 22.2. The molecule has 0 aliphatic heterocycles. The molecular formula is C17H40. The third-order valence-corrected chi connectivity index (χ3v) is 3.19. The average Bonchev–Trinajstić information content (AvgIpc) is 2.46. The van der Waals surface area contributed by atoms with Crippen LogP contribution in [-0.2, 0) is 0 Å². The molecule has 0 saturated heterocycles. The Morgan fingerprint density at radius 1 is 0.471 bits per heavy atom. The maximum absolute atomic E-state index is 2.41. The Morgan fingerprint density at radius 2 is 0.706 bits per heavy atom. The quantitative estimate of drug-likeness (QED) is 0.399. The highest BCUT2D eigenvalue weighted by molar-refractivity contribution is 4.80. The minimum absolute atomic E-state index is 0.619. The summed E-state index contributed by atoms with van der Waals surface area (Å²) in [5.41, 5.74) is 1.24. The van der Waals surface area contributed by atoms with E-state index < -0.39 is 0 Å². The van der Waals surface area contributed by atoms with Crippen molar-refractivity contribution in [2.24, 2.45) is 10.8 Å². The summed E-state index contributed by atoms with van der Waals surface area (Å²) < 4.78 is 0. The van der Waals surface area contributed by atoms with Gasteiger partial charge >= 0.3 is 0 Å². The van der Waals surface area contributed by atoms with Gasteiger partial charge in [0, 0.05) is 0 Å². The van der Waals surface area contributed by atoms with Crippen LogP contribution in [0.3, 0.4) is 0 Å². The molecular weight excluding hydrogens is 204 g/mol. The zero-order valence-electron chi connectivity index (χ0n) is 14.5. The van der Waals surface area contributed by atoms with Crippen molar-refractivity contribution in [3.05, 3.63) is 0 Å². The van der Waals surface area contributed by atoms with Crippen molar-refractivity contribution in [1.82, 2.24) is 0 Å². The molecule has 0 aromatic carbocycles. The molecule has 0 atom stereocenters. The molecule has 0 aromatic heterocycles. The molecule has 1 saturated carbocycles. The highest BCUT2D eigenvalue weighted by Crippen LogP contribution is 2.41. The lowest BCUT2D eigenvalue weighted by Gasteiger charge is -2.24. The molecule has 108 valence electrons. The minimum atomic E-state index is 0.619. The Labute approximate surface area is 113 Å². The summed E-state index contributed by atoms with van der Waals surface area (Å²) in [4.78, 5) is 0. The molecule has 0 amide bonds. The van der Waals surface area contributed by atoms with Crippen LogP contribution in [0.25, 0.3) is 0 Å². The van der Waals surface area contributed by atoms with E-state index >= 15 is 0 Å². The molecule has 1 aliphatic rings.